The zero-order valence-corrected chi connectivity index (χ0v) is 53.3. The van der Waals surface area contributed by atoms with Crippen LogP contribution in [-0.4, -0.2) is 88.0 Å². The summed E-state index contributed by atoms with van der Waals surface area (Å²) in [6.45, 7) is 10.8. The molecule has 10 aromatic rings. The minimum atomic E-state index is -4.59. The van der Waals surface area contributed by atoms with E-state index in [0.29, 0.717) is 52.4 Å². The van der Waals surface area contributed by atoms with E-state index in [1.807, 2.05) is 78.3 Å². The van der Waals surface area contributed by atoms with Gasteiger partial charge in [-0.25, -0.2) is 15.0 Å². The van der Waals surface area contributed by atoms with E-state index in [1.165, 1.54) is 11.3 Å². The van der Waals surface area contributed by atoms with Crippen molar-refractivity contribution in [1.29, 1.82) is 0 Å². The van der Waals surface area contributed by atoms with Crippen LogP contribution < -0.4 is 47.8 Å². The van der Waals surface area contributed by atoms with Gasteiger partial charge >= 0.3 is 18.5 Å². The number of nitrogens with one attached hydrogen (secondary N) is 7. The molecule has 0 radical (unpaired) electrons. The Hall–Kier alpha value is -8.56. The van der Waals surface area contributed by atoms with Gasteiger partial charge in [-0.2, -0.15) is 54.5 Å². The molecule has 0 saturated heterocycles. The van der Waals surface area contributed by atoms with Crippen LogP contribution in [-0.2, 0) is 51.6 Å². The van der Waals surface area contributed by atoms with Crippen molar-refractivity contribution in [2.24, 2.45) is 0 Å². The maximum absolute atomic E-state index is 13.5. The monoisotopic (exact) mass is 1330 g/mol. The Labute approximate surface area is 523 Å². The SMILES string of the molecule is CP(C)(=O)c1ccc(Nc2ncc(C(F)(F)F)c(NCCc3c[nH]c4ccccc34)n2)cc1.CP(C)(=O)c1ccc(Nc2ncc(C(F)(F)F)c(NCCc3ccccc3)n2)cc1.CP(C)(=O)c1ccc(Nc2ncc(C(F)(F)F)c(NCc3cccs3)n2)cc1. The molecule has 478 valence electrons. The van der Waals surface area contributed by atoms with Crippen LogP contribution >= 0.6 is 32.8 Å². The van der Waals surface area contributed by atoms with E-state index in [1.54, 1.807) is 113 Å². The molecule has 0 atom stereocenters. The van der Waals surface area contributed by atoms with Crippen LogP contribution in [0.5, 0.6) is 0 Å². The third-order valence-corrected chi connectivity index (χ3v) is 18.9. The number of halogens is 9. The highest BCUT2D eigenvalue weighted by Gasteiger charge is 2.37. The molecule has 0 bridgehead atoms. The van der Waals surface area contributed by atoms with Crippen molar-refractivity contribution in [3.05, 3.63) is 202 Å². The van der Waals surface area contributed by atoms with Crippen LogP contribution in [0.25, 0.3) is 10.9 Å². The van der Waals surface area contributed by atoms with E-state index < -0.39 is 56.6 Å². The van der Waals surface area contributed by atoms with Crippen LogP contribution in [0.15, 0.2) is 170 Å². The number of hydrogen-bond donors (Lipinski definition) is 7. The fourth-order valence-corrected chi connectivity index (χ4v) is 11.9. The molecule has 0 aliphatic heterocycles. The molecule has 91 heavy (non-hydrogen) atoms. The molecule has 0 saturated carbocycles. The highest BCUT2D eigenvalue weighted by atomic mass is 32.1. The Kier molecular flexibility index (Phi) is 21.9. The van der Waals surface area contributed by atoms with Crippen molar-refractivity contribution in [2.45, 2.75) is 37.9 Å². The molecule has 16 nitrogen and oxygen atoms in total. The first kappa shape index (κ1) is 68.4. The molecule has 0 unspecified atom stereocenters. The summed E-state index contributed by atoms with van der Waals surface area (Å²) in [5, 5.41) is 22.0. The van der Waals surface area contributed by atoms with E-state index in [-0.39, 0.29) is 48.4 Å². The van der Waals surface area contributed by atoms with Gasteiger partial charge in [0.2, 0.25) is 17.8 Å². The second kappa shape index (κ2) is 29.2. The summed E-state index contributed by atoms with van der Waals surface area (Å²) in [5.74, 6) is -0.759. The van der Waals surface area contributed by atoms with Crippen LogP contribution in [0.1, 0.15) is 32.7 Å². The molecule has 5 aromatic carbocycles. The van der Waals surface area contributed by atoms with Crippen molar-refractivity contribution >= 4 is 112 Å². The summed E-state index contributed by atoms with van der Waals surface area (Å²) in [4.78, 5) is 27.6. The Balaban J connectivity index is 0.000000177. The fraction of sp³-hybridized carbons (Fsp3) is 0.226. The van der Waals surface area contributed by atoms with Gasteiger partial charge < -0.3 is 50.6 Å². The topological polar surface area (TPSA) is 217 Å². The summed E-state index contributed by atoms with van der Waals surface area (Å²) >= 11 is 1.44. The first-order valence-corrected chi connectivity index (χ1v) is 36.5. The molecule has 5 aromatic heterocycles. The van der Waals surface area contributed by atoms with E-state index in [0.717, 1.165) is 45.5 Å². The number of benzene rings is 5. The third kappa shape index (κ3) is 20.0. The molecular weight excluding hydrogens is 1270 g/mol. The summed E-state index contributed by atoms with van der Waals surface area (Å²) in [7, 11) is -7.16. The van der Waals surface area contributed by atoms with Crippen LogP contribution in [0.3, 0.4) is 0 Å². The number of aromatic amines is 1. The van der Waals surface area contributed by atoms with Gasteiger partial charge in [0.1, 0.15) is 55.6 Å². The van der Waals surface area contributed by atoms with E-state index in [2.05, 4.69) is 66.8 Å². The maximum Gasteiger partial charge on any atom is 0.421 e. The molecule has 29 heteroatoms. The average molecular weight is 1330 g/mol. The number of hydrogen-bond acceptors (Lipinski definition) is 16. The van der Waals surface area contributed by atoms with E-state index >= 15 is 0 Å². The van der Waals surface area contributed by atoms with Crippen molar-refractivity contribution in [1.82, 2.24) is 34.9 Å². The number of para-hydroxylation sites is 1. The van der Waals surface area contributed by atoms with Gasteiger partial charge in [0, 0.05) is 86.6 Å². The standard InChI is InChI=1S/C23H23F3N5OP.C21H22F3N4OP.C18H18F3N4OPS/c1-33(2,32)17-9-7-16(8-10-17)30-22-29-14-19(23(24,25)26)21(31-22)27-12-11-15-13-28-20-6-4-3-5-18(15)20;1-30(2,29)17-10-8-16(9-11-17)27-20-26-14-18(21(22,23)24)19(28-20)25-13-12-15-6-4-3-5-7-15;1-27(2,26)13-7-5-12(6-8-13)24-17-23-11-15(18(19,20)21)16(25-17)22-10-14-4-3-9-28-14/h3-10,13-14,28H,11-12H2,1-2H3,(H2,27,29,30,31);3-11,14H,12-13H2,1-2H3,(H2,25,26,27,28);3-9,11H,10H2,1-2H3,(H2,22,23,24,25). The molecule has 0 aliphatic carbocycles. The van der Waals surface area contributed by atoms with Gasteiger partial charge in [-0.15, -0.1) is 11.3 Å². The van der Waals surface area contributed by atoms with Crippen LogP contribution in [0.4, 0.5) is 91.9 Å². The first-order chi connectivity index (χ1) is 42.9. The number of H-pyrrole nitrogens is 1. The fourth-order valence-electron chi connectivity index (χ4n) is 8.66. The maximum atomic E-state index is 13.5. The second-order valence-electron chi connectivity index (χ2n) is 21.6. The number of fused-ring (bicyclic) bond motifs is 1. The number of rotatable bonds is 20. The van der Waals surface area contributed by atoms with Crippen molar-refractivity contribution in [2.75, 3.05) is 85.0 Å². The molecular formula is C62H63F9N13O3P3S. The van der Waals surface area contributed by atoms with Gasteiger partial charge in [0.25, 0.3) is 0 Å². The highest BCUT2D eigenvalue weighted by molar-refractivity contribution is 7.70. The summed E-state index contributed by atoms with van der Waals surface area (Å²) in [5.41, 5.74) is 1.96. The smallest absolute Gasteiger partial charge is 0.369 e. The lowest BCUT2D eigenvalue weighted by molar-refractivity contribution is -0.138. The Bertz CT molecular complexity index is 4180. The molecule has 0 spiro atoms. The van der Waals surface area contributed by atoms with E-state index in [9.17, 15) is 53.2 Å². The predicted octanol–water partition coefficient (Wildman–Crippen LogP) is 15.9. The number of anilines is 9. The molecule has 7 N–H and O–H groups in total. The number of nitrogens with zero attached hydrogens (tertiary/aromatic N) is 6. The van der Waals surface area contributed by atoms with Crippen LogP contribution in [0, 0.1) is 0 Å². The minimum absolute atomic E-state index is 0.0292. The number of aromatic nitrogens is 7. The number of alkyl halides is 9. The zero-order valence-electron chi connectivity index (χ0n) is 49.8. The summed E-state index contributed by atoms with van der Waals surface area (Å²) in [6, 6.07) is 41.3. The highest BCUT2D eigenvalue weighted by Crippen LogP contribution is 2.40. The normalized spacial score (nSPS) is 12.0. The minimum Gasteiger partial charge on any atom is -0.369 e. The summed E-state index contributed by atoms with van der Waals surface area (Å²) < 4.78 is 157. The molecule has 10 rings (SSSR count). The first-order valence-electron chi connectivity index (χ1n) is 27.8. The quantitative estimate of drug-likeness (QED) is 0.0279. The zero-order chi connectivity index (χ0) is 65.8. The molecule has 5 heterocycles. The van der Waals surface area contributed by atoms with Gasteiger partial charge in [-0.05, 0) is 154 Å². The van der Waals surface area contributed by atoms with Crippen molar-refractivity contribution in [3.8, 4) is 0 Å². The number of thiophene rings is 1. The predicted molar refractivity (Wildman–Crippen MR) is 348 cm³/mol. The largest absolute Gasteiger partial charge is 0.421 e. The van der Waals surface area contributed by atoms with Crippen LogP contribution in [0.2, 0.25) is 0 Å². The molecule has 0 aliphatic rings. The van der Waals surface area contributed by atoms with Gasteiger partial charge in [-0.3, -0.25) is 0 Å². The van der Waals surface area contributed by atoms with Crippen molar-refractivity contribution < 1.29 is 53.2 Å². The average Bonchev–Trinajstić information content (AvgIpc) is 1.67. The van der Waals surface area contributed by atoms with Gasteiger partial charge in [-0.1, -0.05) is 54.6 Å². The third-order valence-electron chi connectivity index (χ3n) is 13.4. The summed E-state index contributed by atoms with van der Waals surface area (Å²) in [6.07, 6.45) is -8.51. The lowest BCUT2D eigenvalue weighted by atomic mass is 10.1. The molecule has 0 fully saturated rings. The van der Waals surface area contributed by atoms with Crippen molar-refractivity contribution in [3.63, 3.8) is 0 Å². The van der Waals surface area contributed by atoms with E-state index in [4.69, 9.17) is 0 Å². The Morgan fingerprint density at radius 2 is 0.835 bits per heavy atom. The lowest BCUT2D eigenvalue weighted by Crippen LogP contribution is -2.16. The Morgan fingerprint density at radius 1 is 0.451 bits per heavy atom. The molecule has 0 amide bonds. The van der Waals surface area contributed by atoms with Gasteiger partial charge in [0.05, 0.1) is 6.54 Å². The van der Waals surface area contributed by atoms with Gasteiger partial charge in [0.15, 0.2) is 0 Å². The second-order valence-corrected chi connectivity index (χ2v) is 32.2. The lowest BCUT2D eigenvalue weighted by Gasteiger charge is -2.15. The Morgan fingerprint density at radius 3 is 1.22 bits per heavy atom.